The highest BCUT2D eigenvalue weighted by molar-refractivity contribution is 7.84. The standard InChI is InChI=1S/C10H18N2O5S/c1-7(18(2)17)5-6-11-10(16)12-8(13)3-4-9(14)15/h7H,3-6H2,1-2H3,(H,14,15)(H2,11,12,13,16). The van der Waals surface area contributed by atoms with Crippen LogP contribution in [0, 0.1) is 0 Å². The predicted molar refractivity (Wildman–Crippen MR) is 66.6 cm³/mol. The number of imide groups is 1. The van der Waals surface area contributed by atoms with E-state index >= 15 is 0 Å². The maximum atomic E-state index is 11.2. The summed E-state index contributed by atoms with van der Waals surface area (Å²) in [5, 5.41) is 12.8. The monoisotopic (exact) mass is 278 g/mol. The summed E-state index contributed by atoms with van der Waals surface area (Å²) in [6.45, 7) is 2.10. The van der Waals surface area contributed by atoms with Gasteiger partial charge in [0.05, 0.1) is 6.42 Å². The highest BCUT2D eigenvalue weighted by atomic mass is 32.2. The van der Waals surface area contributed by atoms with Gasteiger partial charge in [0.1, 0.15) is 0 Å². The summed E-state index contributed by atoms with van der Waals surface area (Å²) in [4.78, 5) is 32.5. The normalized spacial score (nSPS) is 13.4. The molecule has 0 aromatic rings. The molecule has 0 aliphatic rings. The number of carboxylic acids is 1. The second-order valence-corrected chi connectivity index (χ2v) is 5.60. The van der Waals surface area contributed by atoms with Crippen LogP contribution < -0.4 is 10.6 Å². The number of rotatable bonds is 7. The molecular formula is C10H18N2O5S. The van der Waals surface area contributed by atoms with Gasteiger partial charge >= 0.3 is 12.0 Å². The fraction of sp³-hybridized carbons (Fsp3) is 0.700. The third kappa shape index (κ3) is 8.68. The Morgan fingerprint density at radius 2 is 1.89 bits per heavy atom. The molecule has 2 atom stereocenters. The quantitative estimate of drug-likeness (QED) is 0.598. The molecule has 0 aromatic carbocycles. The van der Waals surface area contributed by atoms with Crippen molar-refractivity contribution in [1.29, 1.82) is 0 Å². The van der Waals surface area contributed by atoms with Crippen molar-refractivity contribution in [3.8, 4) is 0 Å². The van der Waals surface area contributed by atoms with Crippen molar-refractivity contribution in [2.45, 2.75) is 31.4 Å². The first-order chi connectivity index (χ1) is 8.32. The molecule has 3 N–H and O–H groups in total. The van der Waals surface area contributed by atoms with Crippen LogP contribution in [0.2, 0.25) is 0 Å². The molecule has 3 amide bonds. The molecule has 18 heavy (non-hydrogen) atoms. The minimum atomic E-state index is -1.09. The molecule has 7 nitrogen and oxygen atoms in total. The molecule has 8 heteroatoms. The van der Waals surface area contributed by atoms with Crippen molar-refractivity contribution in [1.82, 2.24) is 10.6 Å². The fourth-order valence-corrected chi connectivity index (χ4v) is 1.46. The van der Waals surface area contributed by atoms with E-state index in [-0.39, 0.29) is 18.1 Å². The number of hydrogen-bond acceptors (Lipinski definition) is 4. The Morgan fingerprint density at radius 1 is 1.28 bits per heavy atom. The Hall–Kier alpha value is -1.44. The molecule has 0 fully saturated rings. The summed E-state index contributed by atoms with van der Waals surface area (Å²) in [6, 6.07) is -0.667. The molecule has 2 unspecified atom stereocenters. The Morgan fingerprint density at radius 3 is 2.39 bits per heavy atom. The van der Waals surface area contributed by atoms with Gasteiger partial charge in [-0.15, -0.1) is 0 Å². The molecule has 0 aromatic heterocycles. The summed E-state index contributed by atoms with van der Waals surface area (Å²) in [7, 11) is -0.948. The SMILES string of the molecule is CC(CCNC(=O)NC(=O)CCC(=O)O)S(C)=O. The molecule has 0 rings (SSSR count). The van der Waals surface area contributed by atoms with Crippen LogP contribution >= 0.6 is 0 Å². The number of amides is 3. The summed E-state index contributed by atoms with van der Waals surface area (Å²) in [5.74, 6) is -1.73. The van der Waals surface area contributed by atoms with Crippen LogP contribution in [0.3, 0.4) is 0 Å². The smallest absolute Gasteiger partial charge is 0.321 e. The van der Waals surface area contributed by atoms with E-state index in [9.17, 15) is 18.6 Å². The summed E-state index contributed by atoms with van der Waals surface area (Å²) < 4.78 is 11.0. The number of carbonyl (C=O) groups is 3. The first-order valence-corrected chi connectivity index (χ1v) is 7.06. The summed E-state index contributed by atoms with van der Waals surface area (Å²) in [6.07, 6.45) is 1.57. The van der Waals surface area contributed by atoms with Gasteiger partial charge in [-0.3, -0.25) is 19.1 Å². The molecule has 0 spiro atoms. The zero-order chi connectivity index (χ0) is 14.1. The van der Waals surface area contributed by atoms with Crippen LogP contribution in [0.25, 0.3) is 0 Å². The van der Waals surface area contributed by atoms with E-state index in [1.807, 2.05) is 5.32 Å². The highest BCUT2D eigenvalue weighted by Gasteiger charge is 2.10. The topological polar surface area (TPSA) is 113 Å². The minimum absolute atomic E-state index is 0.0342. The largest absolute Gasteiger partial charge is 0.481 e. The van der Waals surface area contributed by atoms with Crippen molar-refractivity contribution in [3.05, 3.63) is 0 Å². The molecule has 0 bridgehead atoms. The maximum Gasteiger partial charge on any atom is 0.321 e. The van der Waals surface area contributed by atoms with E-state index in [1.54, 1.807) is 13.2 Å². The second-order valence-electron chi connectivity index (χ2n) is 3.80. The summed E-state index contributed by atoms with van der Waals surface area (Å²) in [5.41, 5.74) is 0. The van der Waals surface area contributed by atoms with Gasteiger partial charge in [-0.05, 0) is 6.42 Å². The van der Waals surface area contributed by atoms with E-state index < -0.39 is 28.7 Å². The first-order valence-electron chi connectivity index (χ1n) is 5.44. The van der Waals surface area contributed by atoms with Crippen LogP contribution in [0.4, 0.5) is 4.79 Å². The Kier molecular flexibility index (Phi) is 7.93. The van der Waals surface area contributed by atoms with Gasteiger partial charge in [-0.25, -0.2) is 4.79 Å². The van der Waals surface area contributed by atoms with Crippen molar-refractivity contribution >= 4 is 28.7 Å². The second kappa shape index (κ2) is 8.62. The average molecular weight is 278 g/mol. The first kappa shape index (κ1) is 16.6. The Bertz CT molecular complexity index is 345. The molecule has 0 heterocycles. The minimum Gasteiger partial charge on any atom is -0.481 e. The van der Waals surface area contributed by atoms with E-state index in [4.69, 9.17) is 5.11 Å². The van der Waals surface area contributed by atoms with Crippen LogP contribution in [-0.2, 0) is 20.4 Å². The van der Waals surface area contributed by atoms with E-state index in [0.717, 1.165) is 0 Å². The average Bonchev–Trinajstić information content (AvgIpc) is 2.25. The summed E-state index contributed by atoms with van der Waals surface area (Å²) >= 11 is 0. The van der Waals surface area contributed by atoms with Gasteiger partial charge in [0.2, 0.25) is 5.91 Å². The van der Waals surface area contributed by atoms with Gasteiger partial charge in [0.25, 0.3) is 0 Å². The number of hydrogen-bond donors (Lipinski definition) is 3. The predicted octanol–water partition coefficient (Wildman–Crippen LogP) is -0.166. The van der Waals surface area contributed by atoms with Crippen molar-refractivity contribution in [3.63, 3.8) is 0 Å². The number of aliphatic carboxylic acids is 1. The maximum absolute atomic E-state index is 11.2. The number of carbonyl (C=O) groups excluding carboxylic acids is 2. The number of urea groups is 1. The fourth-order valence-electron chi connectivity index (χ4n) is 1.01. The number of nitrogens with one attached hydrogen (secondary N) is 2. The highest BCUT2D eigenvalue weighted by Crippen LogP contribution is 1.97. The molecule has 0 radical (unpaired) electrons. The van der Waals surface area contributed by atoms with Crippen LogP contribution in [0.1, 0.15) is 26.2 Å². The third-order valence-electron chi connectivity index (χ3n) is 2.22. The Labute approximate surface area is 108 Å². The molecule has 0 aliphatic heterocycles. The molecule has 0 saturated carbocycles. The lowest BCUT2D eigenvalue weighted by Crippen LogP contribution is -2.40. The molecule has 104 valence electrons. The van der Waals surface area contributed by atoms with Gasteiger partial charge in [-0.2, -0.15) is 0 Å². The number of carboxylic acid groups (broad SMARTS) is 1. The van der Waals surface area contributed by atoms with Gasteiger partial charge in [0.15, 0.2) is 0 Å². The van der Waals surface area contributed by atoms with Gasteiger partial charge in [-0.1, -0.05) is 6.92 Å². The van der Waals surface area contributed by atoms with E-state index in [1.165, 1.54) is 0 Å². The molecule has 0 aliphatic carbocycles. The van der Waals surface area contributed by atoms with Gasteiger partial charge in [0, 0.05) is 35.3 Å². The molecular weight excluding hydrogens is 260 g/mol. The third-order valence-corrected chi connectivity index (χ3v) is 3.59. The zero-order valence-corrected chi connectivity index (χ0v) is 11.2. The van der Waals surface area contributed by atoms with Crippen LogP contribution in [-0.4, -0.2) is 45.3 Å². The van der Waals surface area contributed by atoms with Crippen molar-refractivity contribution < 1.29 is 23.7 Å². The lowest BCUT2D eigenvalue weighted by molar-refractivity contribution is -0.138. The van der Waals surface area contributed by atoms with Gasteiger partial charge < -0.3 is 10.4 Å². The van der Waals surface area contributed by atoms with E-state index in [2.05, 4.69) is 5.32 Å². The lowest BCUT2D eigenvalue weighted by atomic mass is 10.3. The van der Waals surface area contributed by atoms with Crippen molar-refractivity contribution in [2.75, 3.05) is 12.8 Å². The van der Waals surface area contributed by atoms with Crippen LogP contribution in [0.5, 0.6) is 0 Å². The van der Waals surface area contributed by atoms with Crippen LogP contribution in [0.15, 0.2) is 0 Å². The Balaban J connectivity index is 3.74. The lowest BCUT2D eigenvalue weighted by Gasteiger charge is -2.09. The van der Waals surface area contributed by atoms with E-state index in [0.29, 0.717) is 13.0 Å². The molecule has 0 saturated heterocycles. The van der Waals surface area contributed by atoms with Crippen molar-refractivity contribution in [2.24, 2.45) is 0 Å². The zero-order valence-electron chi connectivity index (χ0n) is 10.4.